The van der Waals surface area contributed by atoms with E-state index in [0.29, 0.717) is 22.8 Å². The molecule has 0 unspecified atom stereocenters. The monoisotopic (exact) mass is 516 g/mol. The average molecular weight is 517 g/mol. The second-order valence-corrected chi connectivity index (χ2v) is 9.60. The lowest BCUT2D eigenvalue weighted by Gasteiger charge is -2.20. The van der Waals surface area contributed by atoms with E-state index in [4.69, 9.17) is 25.8 Å². The van der Waals surface area contributed by atoms with Crippen LogP contribution in [-0.4, -0.2) is 36.5 Å². The van der Waals surface area contributed by atoms with E-state index in [-0.39, 0.29) is 42.7 Å². The summed E-state index contributed by atoms with van der Waals surface area (Å²) in [4.78, 5) is 37.3. The van der Waals surface area contributed by atoms with Gasteiger partial charge in [-0.25, -0.2) is 4.79 Å². The predicted octanol–water partition coefficient (Wildman–Crippen LogP) is 5.69. The van der Waals surface area contributed by atoms with Crippen LogP contribution in [0.2, 0.25) is 5.02 Å². The third-order valence-electron chi connectivity index (χ3n) is 6.72. The van der Waals surface area contributed by atoms with Crippen molar-refractivity contribution in [3.8, 4) is 16.9 Å². The molecule has 1 saturated carbocycles. The molecule has 5 rings (SSSR count). The number of ether oxygens (including phenoxy) is 3. The van der Waals surface area contributed by atoms with E-state index in [0.717, 1.165) is 11.1 Å². The van der Waals surface area contributed by atoms with Crippen LogP contribution in [0, 0.1) is 11.8 Å². The Kier molecular flexibility index (Phi) is 7.37. The van der Waals surface area contributed by atoms with Crippen molar-refractivity contribution in [3.63, 3.8) is 0 Å². The molecular formula is C30H25ClO6. The van der Waals surface area contributed by atoms with Gasteiger partial charge in [0.2, 0.25) is 0 Å². The van der Waals surface area contributed by atoms with Crippen molar-refractivity contribution >= 4 is 29.3 Å². The van der Waals surface area contributed by atoms with Crippen LogP contribution >= 0.6 is 11.6 Å². The van der Waals surface area contributed by atoms with Crippen LogP contribution in [0.1, 0.15) is 23.2 Å². The topological polar surface area (TPSA) is 78.9 Å². The summed E-state index contributed by atoms with van der Waals surface area (Å²) >= 11 is 5.95. The van der Waals surface area contributed by atoms with Crippen molar-refractivity contribution in [2.45, 2.75) is 25.0 Å². The number of ketones is 1. The summed E-state index contributed by atoms with van der Waals surface area (Å²) in [5, 5.41) is 0.516. The van der Waals surface area contributed by atoms with Crippen molar-refractivity contribution in [2.75, 3.05) is 6.61 Å². The van der Waals surface area contributed by atoms with E-state index in [1.54, 1.807) is 42.5 Å². The molecule has 0 spiro atoms. The van der Waals surface area contributed by atoms with Crippen LogP contribution in [0.3, 0.4) is 0 Å². The molecule has 3 aromatic rings. The molecule has 0 bridgehead atoms. The number of carbonyl (C=O) groups excluding carboxylic acids is 3. The van der Waals surface area contributed by atoms with Gasteiger partial charge in [-0.3, -0.25) is 9.59 Å². The van der Waals surface area contributed by atoms with Gasteiger partial charge in [-0.1, -0.05) is 66.2 Å². The lowest BCUT2D eigenvalue weighted by molar-refractivity contribution is -0.141. The van der Waals surface area contributed by atoms with Crippen LogP contribution in [0.25, 0.3) is 11.1 Å². The van der Waals surface area contributed by atoms with Crippen molar-refractivity contribution in [1.82, 2.24) is 0 Å². The Balaban J connectivity index is 1.24. The van der Waals surface area contributed by atoms with Gasteiger partial charge in [0.15, 0.2) is 12.4 Å². The molecule has 1 aliphatic carbocycles. The smallest absolute Gasteiger partial charge is 0.338 e. The molecule has 7 heteroatoms. The van der Waals surface area contributed by atoms with E-state index in [1.165, 1.54) is 6.08 Å². The summed E-state index contributed by atoms with van der Waals surface area (Å²) in [5.74, 6) is -0.955. The van der Waals surface area contributed by atoms with E-state index in [2.05, 4.69) is 0 Å². The molecule has 188 valence electrons. The molecule has 0 radical (unpaired) electrons. The van der Waals surface area contributed by atoms with Gasteiger partial charge >= 0.3 is 11.9 Å². The lowest BCUT2D eigenvalue weighted by Crippen LogP contribution is -2.25. The summed E-state index contributed by atoms with van der Waals surface area (Å²) < 4.78 is 16.8. The highest BCUT2D eigenvalue weighted by Crippen LogP contribution is 2.43. The minimum atomic E-state index is -0.512. The number of rotatable bonds is 8. The van der Waals surface area contributed by atoms with Crippen molar-refractivity contribution < 1.29 is 28.6 Å². The lowest BCUT2D eigenvalue weighted by atomic mass is 9.91. The summed E-state index contributed by atoms with van der Waals surface area (Å²) in [6, 6.07) is 23.9. The fourth-order valence-electron chi connectivity index (χ4n) is 4.90. The fourth-order valence-corrected chi connectivity index (χ4v) is 5.08. The van der Waals surface area contributed by atoms with E-state index in [9.17, 15) is 14.4 Å². The zero-order valence-corrected chi connectivity index (χ0v) is 20.7. The molecule has 0 amide bonds. The van der Waals surface area contributed by atoms with Crippen LogP contribution in [0.5, 0.6) is 5.75 Å². The molecule has 3 aromatic carbocycles. The van der Waals surface area contributed by atoms with E-state index < -0.39 is 12.1 Å². The number of hydrogen-bond acceptors (Lipinski definition) is 6. The zero-order valence-electron chi connectivity index (χ0n) is 19.9. The fraction of sp³-hybridized carbons (Fsp3) is 0.233. The number of hydrogen-bond donors (Lipinski definition) is 0. The first-order chi connectivity index (χ1) is 18.0. The van der Waals surface area contributed by atoms with E-state index >= 15 is 0 Å². The summed E-state index contributed by atoms with van der Waals surface area (Å²) in [6.45, 7) is -0.161. The van der Waals surface area contributed by atoms with Crippen molar-refractivity contribution in [3.05, 3.63) is 102 Å². The first-order valence-electron chi connectivity index (χ1n) is 12.1. The minimum Gasteiger partial charge on any atom is -0.485 e. The highest BCUT2D eigenvalue weighted by atomic mass is 35.5. The first-order valence-corrected chi connectivity index (χ1v) is 12.5. The molecule has 37 heavy (non-hydrogen) atoms. The second kappa shape index (κ2) is 11.0. The molecule has 4 atom stereocenters. The number of halogens is 1. The third-order valence-corrected chi connectivity index (χ3v) is 6.95. The molecule has 0 aromatic heterocycles. The number of benzene rings is 3. The summed E-state index contributed by atoms with van der Waals surface area (Å²) in [7, 11) is 0. The maximum absolute atomic E-state index is 13.0. The Morgan fingerprint density at radius 2 is 1.73 bits per heavy atom. The Bertz CT molecular complexity index is 1320. The van der Waals surface area contributed by atoms with Gasteiger partial charge in [0.05, 0.1) is 12.0 Å². The largest absolute Gasteiger partial charge is 0.485 e. The molecule has 0 N–H and O–H groups in total. The number of fused-ring (bicyclic) bond motifs is 1. The zero-order chi connectivity index (χ0) is 25.8. The maximum atomic E-state index is 13.0. The Hall–Kier alpha value is -3.90. The highest BCUT2D eigenvalue weighted by molar-refractivity contribution is 6.30. The molecule has 1 aliphatic heterocycles. The van der Waals surface area contributed by atoms with Gasteiger partial charge < -0.3 is 14.2 Å². The first kappa shape index (κ1) is 24.8. The maximum Gasteiger partial charge on any atom is 0.338 e. The normalized spacial score (nSPS) is 22.5. The SMILES string of the molecule is O=C(/C=C/[C@H]1[C@H]2CC(=O)O[C@H]2C[C@H]1OC(=O)c1ccc(-c2ccccc2)cc1)COc1cccc(Cl)c1. The molecule has 2 aliphatic rings. The van der Waals surface area contributed by atoms with Gasteiger partial charge in [-0.2, -0.15) is 0 Å². The van der Waals surface area contributed by atoms with Crippen LogP contribution in [-0.2, 0) is 19.1 Å². The Morgan fingerprint density at radius 3 is 2.49 bits per heavy atom. The minimum absolute atomic E-state index is 0.149. The third kappa shape index (κ3) is 5.92. The Morgan fingerprint density at radius 1 is 0.973 bits per heavy atom. The molecule has 2 fully saturated rings. The summed E-state index contributed by atoms with van der Waals surface area (Å²) in [5.41, 5.74) is 2.49. The van der Waals surface area contributed by atoms with Gasteiger partial charge in [0.1, 0.15) is 18.0 Å². The van der Waals surface area contributed by atoms with Crippen LogP contribution in [0.15, 0.2) is 91.0 Å². The second-order valence-electron chi connectivity index (χ2n) is 9.17. The van der Waals surface area contributed by atoms with Gasteiger partial charge in [-0.15, -0.1) is 0 Å². The predicted molar refractivity (Wildman–Crippen MR) is 138 cm³/mol. The van der Waals surface area contributed by atoms with Crippen LogP contribution in [0.4, 0.5) is 0 Å². The highest BCUT2D eigenvalue weighted by Gasteiger charge is 2.50. The molecular weight excluding hydrogens is 492 g/mol. The number of esters is 2. The average Bonchev–Trinajstić information content (AvgIpc) is 3.42. The summed E-state index contributed by atoms with van der Waals surface area (Å²) in [6.07, 6.45) is 2.92. The standard InChI is InChI=1S/C30H25ClO6/c31-22-7-4-8-24(15-22)35-18-23(32)13-14-25-26-16-29(33)36-28(26)17-27(25)37-30(34)21-11-9-20(10-12-21)19-5-2-1-3-6-19/h1-15,25-28H,16-18H2/b14-13+/t25-,26+,27+,28-/m0/s1. The Labute approximate surface area is 219 Å². The van der Waals surface area contributed by atoms with Crippen LogP contribution < -0.4 is 4.74 Å². The quantitative estimate of drug-likeness (QED) is 0.283. The number of carbonyl (C=O) groups is 3. The molecule has 1 saturated heterocycles. The van der Waals surface area contributed by atoms with Gasteiger partial charge in [-0.05, 0) is 47.5 Å². The van der Waals surface area contributed by atoms with Crippen molar-refractivity contribution in [1.29, 1.82) is 0 Å². The van der Waals surface area contributed by atoms with Crippen molar-refractivity contribution in [2.24, 2.45) is 11.8 Å². The van der Waals surface area contributed by atoms with Gasteiger partial charge in [0.25, 0.3) is 0 Å². The molecule has 6 nitrogen and oxygen atoms in total. The van der Waals surface area contributed by atoms with Gasteiger partial charge in [0, 0.05) is 23.3 Å². The molecule has 1 heterocycles. The van der Waals surface area contributed by atoms with E-state index in [1.807, 2.05) is 42.5 Å².